The van der Waals surface area contributed by atoms with E-state index in [0.717, 1.165) is 0 Å². The van der Waals surface area contributed by atoms with Crippen molar-refractivity contribution in [2.45, 2.75) is 12.5 Å². The molecule has 82 valence electrons. The van der Waals surface area contributed by atoms with Gasteiger partial charge < -0.3 is 10.2 Å². The zero-order valence-electron chi connectivity index (χ0n) is 7.38. The van der Waals surface area contributed by atoms with E-state index < -0.39 is 41.5 Å². The summed E-state index contributed by atoms with van der Waals surface area (Å²) in [5.41, 5.74) is -0.834. The van der Waals surface area contributed by atoms with Gasteiger partial charge in [-0.15, -0.1) is 0 Å². The summed E-state index contributed by atoms with van der Waals surface area (Å²) in [6.07, 6.45) is -2.68. The third-order valence-electron chi connectivity index (χ3n) is 1.75. The average molecular weight is 220 g/mol. The lowest BCUT2D eigenvalue weighted by Crippen LogP contribution is -2.09. The van der Waals surface area contributed by atoms with Crippen LogP contribution in [0.25, 0.3) is 0 Å². The molecule has 0 aliphatic heterocycles. The summed E-state index contributed by atoms with van der Waals surface area (Å²) < 4.78 is 38.4. The highest BCUT2D eigenvalue weighted by Crippen LogP contribution is 2.24. The number of hydrogen-bond acceptors (Lipinski definition) is 2. The second kappa shape index (κ2) is 4.31. The van der Waals surface area contributed by atoms with Gasteiger partial charge in [0.15, 0.2) is 0 Å². The molecule has 0 unspecified atom stereocenters. The molecule has 2 N–H and O–H groups in total. The molecule has 1 aromatic carbocycles. The number of aliphatic carboxylic acids is 1. The van der Waals surface area contributed by atoms with Gasteiger partial charge in [-0.05, 0) is 0 Å². The molecule has 15 heavy (non-hydrogen) atoms. The predicted octanol–water partition coefficient (Wildman–Crippen LogP) is 1.61. The molecule has 0 bridgehead atoms. The minimum Gasteiger partial charge on any atom is -0.481 e. The van der Waals surface area contributed by atoms with Crippen molar-refractivity contribution in [1.82, 2.24) is 0 Å². The van der Waals surface area contributed by atoms with Crippen LogP contribution in [0.4, 0.5) is 13.2 Å². The first-order valence-corrected chi connectivity index (χ1v) is 3.96. The molecular formula is C9H7F3O3. The van der Waals surface area contributed by atoms with Gasteiger partial charge in [0.2, 0.25) is 0 Å². The molecule has 1 rings (SSSR count). The normalized spacial score (nSPS) is 12.5. The zero-order chi connectivity index (χ0) is 11.6. The van der Waals surface area contributed by atoms with E-state index in [0.29, 0.717) is 12.1 Å². The molecule has 0 saturated heterocycles. The maximum Gasteiger partial charge on any atom is 0.306 e. The van der Waals surface area contributed by atoms with Crippen LogP contribution in [0.5, 0.6) is 0 Å². The van der Waals surface area contributed by atoms with Gasteiger partial charge in [-0.25, -0.2) is 13.2 Å². The van der Waals surface area contributed by atoms with E-state index in [4.69, 9.17) is 10.2 Å². The Hall–Kier alpha value is -1.56. The van der Waals surface area contributed by atoms with Crippen molar-refractivity contribution in [3.8, 4) is 0 Å². The van der Waals surface area contributed by atoms with Gasteiger partial charge in [0, 0.05) is 12.1 Å². The van der Waals surface area contributed by atoms with Gasteiger partial charge in [0.1, 0.15) is 17.5 Å². The van der Waals surface area contributed by atoms with Gasteiger partial charge in [-0.1, -0.05) is 0 Å². The number of aliphatic hydroxyl groups is 1. The summed E-state index contributed by atoms with van der Waals surface area (Å²) in [7, 11) is 0. The first-order valence-electron chi connectivity index (χ1n) is 3.96. The highest BCUT2D eigenvalue weighted by molar-refractivity contribution is 5.67. The lowest BCUT2D eigenvalue weighted by atomic mass is 10.1. The van der Waals surface area contributed by atoms with Crippen LogP contribution in [0, 0.1) is 17.5 Å². The fourth-order valence-electron chi connectivity index (χ4n) is 1.14. The highest BCUT2D eigenvalue weighted by atomic mass is 19.1. The van der Waals surface area contributed by atoms with E-state index in [-0.39, 0.29) is 0 Å². The van der Waals surface area contributed by atoms with Crippen LogP contribution in [0.15, 0.2) is 12.1 Å². The third-order valence-corrected chi connectivity index (χ3v) is 1.75. The molecule has 0 fully saturated rings. The molecule has 1 aromatic rings. The van der Waals surface area contributed by atoms with Crippen molar-refractivity contribution in [3.63, 3.8) is 0 Å². The lowest BCUT2D eigenvalue weighted by molar-refractivity contribution is -0.139. The average Bonchev–Trinajstić information content (AvgIpc) is 1.99. The Morgan fingerprint density at radius 2 is 1.73 bits per heavy atom. The van der Waals surface area contributed by atoms with E-state index in [1.165, 1.54) is 0 Å². The van der Waals surface area contributed by atoms with Gasteiger partial charge >= 0.3 is 5.97 Å². The van der Waals surface area contributed by atoms with Crippen LogP contribution >= 0.6 is 0 Å². The number of hydrogen-bond donors (Lipinski definition) is 2. The Balaban J connectivity index is 3.08. The van der Waals surface area contributed by atoms with Crippen molar-refractivity contribution in [3.05, 3.63) is 35.1 Å². The Kier molecular flexibility index (Phi) is 3.31. The Labute approximate surface area is 82.8 Å². The van der Waals surface area contributed by atoms with Crippen molar-refractivity contribution < 1.29 is 28.2 Å². The number of carboxylic acid groups (broad SMARTS) is 1. The molecule has 0 aliphatic carbocycles. The highest BCUT2D eigenvalue weighted by Gasteiger charge is 2.21. The standard InChI is InChI=1S/C9H7F3O3/c10-4-1-5(11)9(6(12)2-4)7(13)3-8(14)15/h1-2,7,13H,3H2,(H,14,15)/t7-/m0/s1. The van der Waals surface area contributed by atoms with E-state index in [1.54, 1.807) is 0 Å². The second-order valence-corrected chi connectivity index (χ2v) is 2.90. The number of benzene rings is 1. The SMILES string of the molecule is O=C(O)C[C@H](O)c1c(F)cc(F)cc1F. The smallest absolute Gasteiger partial charge is 0.306 e. The fraction of sp³-hybridized carbons (Fsp3) is 0.222. The van der Waals surface area contributed by atoms with Crippen molar-refractivity contribution >= 4 is 5.97 Å². The van der Waals surface area contributed by atoms with Gasteiger partial charge in [0.25, 0.3) is 0 Å². The molecule has 0 radical (unpaired) electrons. The topological polar surface area (TPSA) is 57.5 Å². The van der Waals surface area contributed by atoms with E-state index in [9.17, 15) is 18.0 Å². The lowest BCUT2D eigenvalue weighted by Gasteiger charge is -2.10. The number of aliphatic hydroxyl groups excluding tert-OH is 1. The fourth-order valence-corrected chi connectivity index (χ4v) is 1.14. The van der Waals surface area contributed by atoms with E-state index >= 15 is 0 Å². The molecule has 0 aromatic heterocycles. The molecule has 0 heterocycles. The summed E-state index contributed by atoms with van der Waals surface area (Å²) in [5.74, 6) is -5.15. The van der Waals surface area contributed by atoms with E-state index in [1.807, 2.05) is 0 Å². The molecule has 6 heteroatoms. The van der Waals surface area contributed by atoms with Crippen LogP contribution in [-0.2, 0) is 4.79 Å². The molecule has 0 aliphatic rings. The first-order chi connectivity index (χ1) is 6.91. The molecule has 1 atom stereocenters. The molecule has 0 saturated carbocycles. The number of carbonyl (C=O) groups is 1. The predicted molar refractivity (Wildman–Crippen MR) is 43.5 cm³/mol. The zero-order valence-corrected chi connectivity index (χ0v) is 7.38. The van der Waals surface area contributed by atoms with Gasteiger partial charge in [0.05, 0.1) is 18.1 Å². The molecule has 3 nitrogen and oxygen atoms in total. The quantitative estimate of drug-likeness (QED) is 0.813. The maximum atomic E-state index is 13.0. The Morgan fingerprint density at radius 1 is 1.27 bits per heavy atom. The Morgan fingerprint density at radius 3 is 2.13 bits per heavy atom. The first kappa shape index (κ1) is 11.5. The summed E-state index contributed by atoms with van der Waals surface area (Å²) in [5, 5.41) is 17.5. The van der Waals surface area contributed by atoms with Crippen LogP contribution in [0.3, 0.4) is 0 Å². The van der Waals surface area contributed by atoms with Crippen molar-refractivity contribution in [2.75, 3.05) is 0 Å². The van der Waals surface area contributed by atoms with Crippen LogP contribution < -0.4 is 0 Å². The Bertz CT molecular complexity index is 369. The number of rotatable bonds is 3. The van der Waals surface area contributed by atoms with Crippen LogP contribution in [0.2, 0.25) is 0 Å². The van der Waals surface area contributed by atoms with Gasteiger partial charge in [-0.3, -0.25) is 4.79 Å². The van der Waals surface area contributed by atoms with Crippen LogP contribution in [-0.4, -0.2) is 16.2 Å². The van der Waals surface area contributed by atoms with Gasteiger partial charge in [-0.2, -0.15) is 0 Å². The number of carboxylic acids is 1. The minimum absolute atomic E-state index is 0.378. The molecule has 0 spiro atoms. The van der Waals surface area contributed by atoms with Crippen molar-refractivity contribution in [1.29, 1.82) is 0 Å². The summed E-state index contributed by atoms with van der Waals surface area (Å²) in [4.78, 5) is 10.2. The molecular weight excluding hydrogens is 213 g/mol. The summed E-state index contributed by atoms with van der Waals surface area (Å²) >= 11 is 0. The van der Waals surface area contributed by atoms with Crippen LogP contribution in [0.1, 0.15) is 18.1 Å². The summed E-state index contributed by atoms with van der Waals surface area (Å²) in [6.45, 7) is 0. The van der Waals surface area contributed by atoms with E-state index in [2.05, 4.69) is 0 Å². The largest absolute Gasteiger partial charge is 0.481 e. The van der Waals surface area contributed by atoms with Crippen molar-refractivity contribution in [2.24, 2.45) is 0 Å². The monoisotopic (exact) mass is 220 g/mol. The second-order valence-electron chi connectivity index (χ2n) is 2.90. The molecule has 0 amide bonds. The maximum absolute atomic E-state index is 13.0. The summed E-state index contributed by atoms with van der Waals surface area (Å²) in [6, 6.07) is 0.757. The minimum atomic E-state index is -1.83. The number of halogens is 3. The third kappa shape index (κ3) is 2.69.